The van der Waals surface area contributed by atoms with Crippen molar-refractivity contribution in [3.8, 4) is 28.3 Å². The van der Waals surface area contributed by atoms with E-state index in [0.717, 1.165) is 25.1 Å². The molecule has 34 heavy (non-hydrogen) atoms. The molecule has 3 heterocycles. The number of hydrogen-bond donors (Lipinski definition) is 1. The summed E-state index contributed by atoms with van der Waals surface area (Å²) in [6, 6.07) is 7.38. The van der Waals surface area contributed by atoms with Crippen LogP contribution in [0, 0.1) is 11.6 Å². The molecule has 0 unspecified atom stereocenters. The molecule has 0 atom stereocenters. The summed E-state index contributed by atoms with van der Waals surface area (Å²) in [6.45, 7) is 1.40. The van der Waals surface area contributed by atoms with E-state index in [2.05, 4.69) is 25.5 Å². The second kappa shape index (κ2) is 9.26. The van der Waals surface area contributed by atoms with Gasteiger partial charge in [0.15, 0.2) is 0 Å². The van der Waals surface area contributed by atoms with Crippen LogP contribution >= 0.6 is 0 Å². The van der Waals surface area contributed by atoms with Gasteiger partial charge in [0.25, 0.3) is 5.89 Å². The van der Waals surface area contributed by atoms with Crippen LogP contribution in [-0.2, 0) is 6.54 Å². The average Bonchev–Trinajstić information content (AvgIpc) is 3.56. The van der Waals surface area contributed by atoms with Crippen LogP contribution in [-0.4, -0.2) is 38.4 Å². The number of nitrogens with zero attached hydrogens (tertiary/aromatic N) is 5. The molecule has 0 radical (unpaired) electrons. The number of anilines is 1. The van der Waals surface area contributed by atoms with Crippen molar-refractivity contribution in [1.29, 1.82) is 0 Å². The normalized spacial score (nSPS) is 11.1. The molecular formula is C24H20F2N6O2. The number of ether oxygens (including phenoxy) is 1. The number of rotatable bonds is 8. The first kappa shape index (κ1) is 21.5. The molecule has 5 aromatic rings. The molecule has 10 heteroatoms. The first-order valence-corrected chi connectivity index (χ1v) is 10.6. The number of halogens is 2. The van der Waals surface area contributed by atoms with Crippen LogP contribution in [0.25, 0.3) is 33.5 Å². The SMILES string of the molecule is COc1cc(F)c(-c2ccc3ncc(-c4nnco4)c(NCCCn4ccnc4)c3c2)c(F)c1. The van der Waals surface area contributed by atoms with Crippen molar-refractivity contribution in [3.05, 3.63) is 73.3 Å². The first-order chi connectivity index (χ1) is 16.6. The monoisotopic (exact) mass is 462 g/mol. The number of imidazole rings is 1. The van der Waals surface area contributed by atoms with E-state index in [9.17, 15) is 8.78 Å². The Hall–Kier alpha value is -4.34. The molecule has 0 aliphatic carbocycles. The van der Waals surface area contributed by atoms with Gasteiger partial charge in [-0.15, -0.1) is 10.2 Å². The summed E-state index contributed by atoms with van der Waals surface area (Å²) in [5.41, 5.74) is 2.17. The number of aryl methyl sites for hydroxylation is 1. The maximum absolute atomic E-state index is 14.8. The lowest BCUT2D eigenvalue weighted by molar-refractivity contribution is 0.407. The zero-order valence-electron chi connectivity index (χ0n) is 18.2. The number of benzene rings is 2. The van der Waals surface area contributed by atoms with Gasteiger partial charge in [-0.05, 0) is 24.1 Å². The van der Waals surface area contributed by atoms with Crippen LogP contribution in [0.5, 0.6) is 5.75 Å². The molecule has 0 amide bonds. The van der Waals surface area contributed by atoms with Gasteiger partial charge in [0.05, 0.1) is 35.8 Å². The van der Waals surface area contributed by atoms with Crippen LogP contribution < -0.4 is 10.1 Å². The second-order valence-electron chi connectivity index (χ2n) is 7.57. The third-order valence-corrected chi connectivity index (χ3v) is 5.45. The molecule has 0 aliphatic heterocycles. The molecule has 2 aromatic carbocycles. The largest absolute Gasteiger partial charge is 0.497 e. The Balaban J connectivity index is 1.56. The first-order valence-electron chi connectivity index (χ1n) is 10.6. The molecule has 0 saturated carbocycles. The summed E-state index contributed by atoms with van der Waals surface area (Å²) < 4.78 is 41.9. The van der Waals surface area contributed by atoms with E-state index >= 15 is 0 Å². The highest BCUT2D eigenvalue weighted by Crippen LogP contribution is 2.37. The molecule has 1 N–H and O–H groups in total. The number of methoxy groups -OCH3 is 1. The van der Waals surface area contributed by atoms with E-state index in [1.54, 1.807) is 36.9 Å². The lowest BCUT2D eigenvalue weighted by Gasteiger charge is -2.15. The summed E-state index contributed by atoms with van der Waals surface area (Å²) in [4.78, 5) is 8.53. The van der Waals surface area contributed by atoms with E-state index in [1.807, 2.05) is 10.8 Å². The Morgan fingerprint density at radius 3 is 2.71 bits per heavy atom. The van der Waals surface area contributed by atoms with Crippen LogP contribution in [0.3, 0.4) is 0 Å². The van der Waals surface area contributed by atoms with E-state index < -0.39 is 11.6 Å². The molecule has 8 nitrogen and oxygen atoms in total. The van der Waals surface area contributed by atoms with Crippen LogP contribution in [0.15, 0.2) is 66.1 Å². The van der Waals surface area contributed by atoms with Gasteiger partial charge in [-0.2, -0.15) is 0 Å². The van der Waals surface area contributed by atoms with E-state index in [1.165, 1.54) is 13.5 Å². The Bertz CT molecular complexity index is 1400. The van der Waals surface area contributed by atoms with Crippen molar-refractivity contribution in [1.82, 2.24) is 24.7 Å². The lowest BCUT2D eigenvalue weighted by atomic mass is 10.00. The Morgan fingerprint density at radius 2 is 2.00 bits per heavy atom. The third kappa shape index (κ3) is 4.17. The summed E-state index contributed by atoms with van der Waals surface area (Å²) in [5.74, 6) is -1.03. The van der Waals surface area contributed by atoms with E-state index in [-0.39, 0.29) is 11.3 Å². The lowest BCUT2D eigenvalue weighted by Crippen LogP contribution is -2.07. The average molecular weight is 462 g/mol. The minimum absolute atomic E-state index is 0.111. The van der Waals surface area contributed by atoms with Crippen LogP contribution in [0.1, 0.15) is 6.42 Å². The number of aromatic nitrogens is 5. The van der Waals surface area contributed by atoms with Gasteiger partial charge in [0.2, 0.25) is 6.39 Å². The number of pyridine rings is 1. The predicted octanol–water partition coefficient (Wildman–Crippen LogP) is 4.94. The fraction of sp³-hybridized carbons (Fsp3) is 0.167. The fourth-order valence-electron chi connectivity index (χ4n) is 3.83. The molecule has 0 fully saturated rings. The molecule has 0 bridgehead atoms. The van der Waals surface area contributed by atoms with Crippen molar-refractivity contribution >= 4 is 16.6 Å². The van der Waals surface area contributed by atoms with Gasteiger partial charge in [-0.1, -0.05) is 6.07 Å². The van der Waals surface area contributed by atoms with E-state index in [4.69, 9.17) is 9.15 Å². The predicted molar refractivity (Wildman–Crippen MR) is 122 cm³/mol. The van der Waals surface area contributed by atoms with Gasteiger partial charge >= 0.3 is 0 Å². The second-order valence-corrected chi connectivity index (χ2v) is 7.57. The maximum Gasteiger partial charge on any atom is 0.251 e. The molecule has 0 aliphatic rings. The number of nitrogens with one attached hydrogen (secondary N) is 1. The minimum atomic E-state index is -0.716. The highest BCUT2D eigenvalue weighted by atomic mass is 19.1. The Morgan fingerprint density at radius 1 is 1.15 bits per heavy atom. The number of fused-ring (bicyclic) bond motifs is 1. The zero-order chi connectivity index (χ0) is 23.5. The van der Waals surface area contributed by atoms with Gasteiger partial charge in [0.1, 0.15) is 17.4 Å². The highest BCUT2D eigenvalue weighted by molar-refractivity contribution is 6.00. The molecule has 172 valence electrons. The standard InChI is InChI=1S/C24H20F2N6O2/c1-33-16-10-19(25)22(20(26)11-16)15-3-4-21-17(9-15)23(18(12-29-21)24-31-30-14-34-24)28-5-2-7-32-8-6-27-13-32/h3-4,6,8-14H,2,5,7H2,1H3,(H,28,29). The maximum atomic E-state index is 14.8. The number of hydrogen-bond acceptors (Lipinski definition) is 7. The summed E-state index contributed by atoms with van der Waals surface area (Å²) in [5, 5.41) is 11.9. The fourth-order valence-corrected chi connectivity index (χ4v) is 3.83. The smallest absolute Gasteiger partial charge is 0.251 e. The van der Waals surface area contributed by atoms with Gasteiger partial charge in [-0.3, -0.25) is 4.98 Å². The topological polar surface area (TPSA) is 90.9 Å². The third-order valence-electron chi connectivity index (χ3n) is 5.45. The molecule has 0 saturated heterocycles. The van der Waals surface area contributed by atoms with Crippen LogP contribution in [0.4, 0.5) is 14.5 Å². The van der Waals surface area contributed by atoms with Gasteiger partial charge in [0, 0.05) is 49.2 Å². The van der Waals surface area contributed by atoms with Crippen molar-refractivity contribution < 1.29 is 17.9 Å². The molecule has 0 spiro atoms. The Kier molecular flexibility index (Phi) is 5.86. The van der Waals surface area contributed by atoms with Crippen molar-refractivity contribution in [2.75, 3.05) is 19.0 Å². The van der Waals surface area contributed by atoms with Crippen LogP contribution in [0.2, 0.25) is 0 Å². The molecule has 3 aromatic heterocycles. The molecule has 5 rings (SSSR count). The van der Waals surface area contributed by atoms with E-state index in [0.29, 0.717) is 40.2 Å². The highest BCUT2D eigenvalue weighted by Gasteiger charge is 2.18. The minimum Gasteiger partial charge on any atom is -0.497 e. The van der Waals surface area contributed by atoms with Gasteiger partial charge in [-0.25, -0.2) is 13.8 Å². The summed E-state index contributed by atoms with van der Waals surface area (Å²) in [6.07, 6.45) is 9.08. The Labute approximate surface area is 193 Å². The summed E-state index contributed by atoms with van der Waals surface area (Å²) >= 11 is 0. The quantitative estimate of drug-likeness (QED) is 0.327. The van der Waals surface area contributed by atoms with Crippen molar-refractivity contribution in [3.63, 3.8) is 0 Å². The van der Waals surface area contributed by atoms with Crippen molar-refractivity contribution in [2.24, 2.45) is 0 Å². The van der Waals surface area contributed by atoms with Gasteiger partial charge < -0.3 is 19.0 Å². The molecular weight excluding hydrogens is 442 g/mol. The van der Waals surface area contributed by atoms with Crippen molar-refractivity contribution in [2.45, 2.75) is 13.0 Å². The summed E-state index contributed by atoms with van der Waals surface area (Å²) in [7, 11) is 1.36. The zero-order valence-corrected chi connectivity index (χ0v) is 18.2.